The van der Waals surface area contributed by atoms with Crippen molar-refractivity contribution in [2.75, 3.05) is 13.7 Å². The molecule has 1 aromatic carbocycles. The molecule has 146 valence electrons. The molecule has 5 N–H and O–H groups in total. The first-order valence-corrected chi connectivity index (χ1v) is 8.09. The third kappa shape index (κ3) is 3.66. The molecule has 0 radical (unpaired) electrons. The molecule has 10 nitrogen and oxygen atoms in total. The van der Waals surface area contributed by atoms with Crippen LogP contribution in [0.3, 0.4) is 0 Å². The van der Waals surface area contributed by atoms with E-state index in [1.165, 1.54) is 19.2 Å². The van der Waals surface area contributed by atoms with Gasteiger partial charge >= 0.3 is 5.63 Å². The van der Waals surface area contributed by atoms with Crippen molar-refractivity contribution in [1.82, 2.24) is 5.32 Å². The highest BCUT2D eigenvalue weighted by atomic mass is 16.6. The van der Waals surface area contributed by atoms with E-state index in [2.05, 4.69) is 5.32 Å². The van der Waals surface area contributed by atoms with Crippen molar-refractivity contribution in [3.05, 3.63) is 40.2 Å². The van der Waals surface area contributed by atoms with Crippen molar-refractivity contribution < 1.29 is 39.1 Å². The van der Waals surface area contributed by atoms with Gasteiger partial charge in [0, 0.05) is 11.5 Å². The Labute approximate surface area is 152 Å². The number of ether oxygens (including phenoxy) is 2. The Hall–Kier alpha value is -2.50. The van der Waals surface area contributed by atoms with Crippen molar-refractivity contribution in [2.24, 2.45) is 0 Å². The van der Waals surface area contributed by atoms with Crippen molar-refractivity contribution >= 4 is 16.9 Å². The minimum atomic E-state index is -1.69. The van der Waals surface area contributed by atoms with Crippen LogP contribution in [-0.4, -0.2) is 70.7 Å². The van der Waals surface area contributed by atoms with E-state index in [-0.39, 0.29) is 11.1 Å². The van der Waals surface area contributed by atoms with Gasteiger partial charge in [-0.3, -0.25) is 4.79 Å². The second-order valence-corrected chi connectivity index (χ2v) is 6.08. The third-order valence-corrected chi connectivity index (χ3v) is 4.39. The van der Waals surface area contributed by atoms with Crippen LogP contribution >= 0.6 is 0 Å². The molecule has 2 aromatic rings. The lowest BCUT2D eigenvalue weighted by Gasteiger charge is -2.40. The number of methoxy groups -OCH3 is 1. The Morgan fingerprint density at radius 3 is 2.63 bits per heavy atom. The fraction of sp³-hybridized carbons (Fsp3) is 0.412. The van der Waals surface area contributed by atoms with Crippen LogP contribution < -0.4 is 15.7 Å². The van der Waals surface area contributed by atoms with Gasteiger partial charge in [0.05, 0.1) is 13.7 Å². The number of carbonyl (C=O) groups is 1. The van der Waals surface area contributed by atoms with E-state index in [0.717, 1.165) is 0 Å². The summed E-state index contributed by atoms with van der Waals surface area (Å²) in [6.45, 7) is -0.631. The first-order chi connectivity index (χ1) is 12.8. The fourth-order valence-corrected chi connectivity index (χ4v) is 2.86. The molecule has 0 saturated carbocycles. The number of amides is 1. The summed E-state index contributed by atoms with van der Waals surface area (Å²) in [4.78, 5) is 24.6. The summed E-state index contributed by atoms with van der Waals surface area (Å²) in [5, 5.41) is 41.6. The lowest BCUT2D eigenvalue weighted by molar-refractivity contribution is -0.252. The predicted molar refractivity (Wildman–Crippen MR) is 90.3 cm³/mol. The normalized spacial score (nSPS) is 28.1. The molecule has 1 fully saturated rings. The third-order valence-electron chi connectivity index (χ3n) is 4.39. The molecule has 1 aromatic heterocycles. The van der Waals surface area contributed by atoms with Gasteiger partial charge in [0.1, 0.15) is 41.2 Å². The molecular weight excluding hydrogens is 362 g/mol. The number of hydrogen-bond acceptors (Lipinski definition) is 9. The summed E-state index contributed by atoms with van der Waals surface area (Å²) in [5.41, 5.74) is -1.06. The second-order valence-electron chi connectivity index (χ2n) is 6.08. The van der Waals surface area contributed by atoms with Crippen LogP contribution in [0.15, 0.2) is 33.5 Å². The van der Waals surface area contributed by atoms with Crippen LogP contribution in [0.4, 0.5) is 0 Å². The Morgan fingerprint density at radius 2 is 1.96 bits per heavy atom. The average Bonchev–Trinajstić information content (AvgIpc) is 2.66. The van der Waals surface area contributed by atoms with Crippen LogP contribution in [0.1, 0.15) is 10.4 Å². The minimum absolute atomic E-state index is 0.221. The van der Waals surface area contributed by atoms with Gasteiger partial charge in [-0.15, -0.1) is 0 Å². The topological polar surface area (TPSA) is 159 Å². The molecule has 5 atom stereocenters. The van der Waals surface area contributed by atoms with Crippen molar-refractivity contribution in [2.45, 2.75) is 30.6 Å². The zero-order valence-electron chi connectivity index (χ0n) is 14.2. The number of aliphatic hydroxyl groups excluding tert-OH is 4. The van der Waals surface area contributed by atoms with Gasteiger partial charge in [-0.1, -0.05) is 0 Å². The molecule has 1 aliphatic rings. The van der Waals surface area contributed by atoms with E-state index in [4.69, 9.17) is 19.0 Å². The number of carbonyl (C=O) groups excluding carboxylic acids is 1. The number of hydrogen-bond donors (Lipinski definition) is 5. The molecule has 1 saturated heterocycles. The van der Waals surface area contributed by atoms with Gasteiger partial charge in [-0.2, -0.15) is 0 Å². The number of aliphatic hydroxyl groups is 4. The Kier molecular flexibility index (Phi) is 5.44. The van der Waals surface area contributed by atoms with Crippen molar-refractivity contribution in [3.8, 4) is 5.75 Å². The van der Waals surface area contributed by atoms with Crippen molar-refractivity contribution in [3.63, 3.8) is 0 Å². The van der Waals surface area contributed by atoms with E-state index in [1.807, 2.05) is 0 Å². The average molecular weight is 381 g/mol. The summed E-state index contributed by atoms with van der Waals surface area (Å²) in [6, 6.07) is 4.59. The van der Waals surface area contributed by atoms with E-state index in [1.54, 1.807) is 12.1 Å². The maximum atomic E-state index is 12.4. The van der Waals surface area contributed by atoms with Gasteiger partial charge in [0.15, 0.2) is 6.29 Å². The van der Waals surface area contributed by atoms with E-state index < -0.39 is 48.8 Å². The molecule has 0 aliphatic carbocycles. The summed E-state index contributed by atoms with van der Waals surface area (Å²) in [6.07, 6.45) is -6.05. The van der Waals surface area contributed by atoms with Gasteiger partial charge < -0.3 is 39.6 Å². The lowest BCUT2D eigenvalue weighted by atomic mass is 9.97. The fourth-order valence-electron chi connectivity index (χ4n) is 2.86. The molecule has 2 heterocycles. The lowest BCUT2D eigenvalue weighted by Crippen LogP contribution is -2.64. The maximum absolute atomic E-state index is 12.4. The highest BCUT2D eigenvalue weighted by Gasteiger charge is 2.44. The van der Waals surface area contributed by atoms with Crippen molar-refractivity contribution in [1.29, 1.82) is 0 Å². The molecule has 3 unspecified atom stereocenters. The standard InChI is InChI=1S/C17H19NO9/c1-25-8-3-2-7-4-9(16(23)26-10(7)5-8)15(22)18-12-14(21)13(20)11(6-19)27-17(12)24/h2-5,11-14,17,19-21,24H,6H2,1H3,(H,18,22)/t11?,12?,13-,14-,17?/m1/s1. The maximum Gasteiger partial charge on any atom is 0.349 e. The minimum Gasteiger partial charge on any atom is -0.497 e. The van der Waals surface area contributed by atoms with Gasteiger partial charge in [0.25, 0.3) is 5.91 Å². The van der Waals surface area contributed by atoms with Crippen LogP contribution in [0.2, 0.25) is 0 Å². The number of benzene rings is 1. The van der Waals surface area contributed by atoms with E-state index >= 15 is 0 Å². The largest absolute Gasteiger partial charge is 0.497 e. The van der Waals surface area contributed by atoms with Crippen LogP contribution in [0.5, 0.6) is 5.75 Å². The number of rotatable bonds is 4. The molecule has 3 rings (SSSR count). The number of nitrogens with one attached hydrogen (secondary N) is 1. The zero-order chi connectivity index (χ0) is 19.7. The quantitative estimate of drug-likeness (QED) is 0.390. The highest BCUT2D eigenvalue weighted by molar-refractivity contribution is 5.97. The Balaban J connectivity index is 1.85. The van der Waals surface area contributed by atoms with Crippen LogP contribution in [-0.2, 0) is 4.74 Å². The first kappa shape index (κ1) is 19.3. The molecule has 1 amide bonds. The smallest absolute Gasteiger partial charge is 0.349 e. The SMILES string of the molecule is COc1ccc2cc(C(=O)NC3C(O)OC(CO)[C@@H](O)[C@@H]3O)c(=O)oc2c1. The zero-order valence-corrected chi connectivity index (χ0v) is 14.2. The summed E-state index contributed by atoms with van der Waals surface area (Å²) in [7, 11) is 1.46. The van der Waals surface area contributed by atoms with Gasteiger partial charge in [-0.25, -0.2) is 4.79 Å². The van der Waals surface area contributed by atoms with Gasteiger partial charge in [-0.05, 0) is 18.2 Å². The Bertz CT molecular complexity index is 896. The molecular formula is C17H19NO9. The summed E-state index contributed by atoms with van der Waals surface area (Å²) < 4.78 is 15.1. The molecule has 27 heavy (non-hydrogen) atoms. The molecule has 0 spiro atoms. The molecule has 10 heteroatoms. The predicted octanol–water partition coefficient (Wildman–Crippen LogP) is -1.67. The van der Waals surface area contributed by atoms with Gasteiger partial charge in [0.2, 0.25) is 0 Å². The van der Waals surface area contributed by atoms with Crippen LogP contribution in [0.25, 0.3) is 11.0 Å². The summed E-state index contributed by atoms with van der Waals surface area (Å²) >= 11 is 0. The monoisotopic (exact) mass is 381 g/mol. The second kappa shape index (κ2) is 7.62. The van der Waals surface area contributed by atoms with Crippen LogP contribution in [0, 0.1) is 0 Å². The van der Waals surface area contributed by atoms with E-state index in [0.29, 0.717) is 11.1 Å². The Morgan fingerprint density at radius 1 is 1.22 bits per heavy atom. The highest BCUT2D eigenvalue weighted by Crippen LogP contribution is 2.22. The molecule has 1 aliphatic heterocycles. The summed E-state index contributed by atoms with van der Waals surface area (Å²) in [5.74, 6) is -0.455. The molecule has 0 bridgehead atoms. The number of fused-ring (bicyclic) bond motifs is 1. The first-order valence-electron chi connectivity index (χ1n) is 8.09. The van der Waals surface area contributed by atoms with E-state index in [9.17, 15) is 24.9 Å².